The summed E-state index contributed by atoms with van der Waals surface area (Å²) in [6.45, 7) is 4.09. The molecule has 2 aromatic carbocycles. The van der Waals surface area contributed by atoms with Gasteiger partial charge in [0.25, 0.3) is 0 Å². The maximum absolute atomic E-state index is 12.2. The maximum atomic E-state index is 12.2. The molecule has 0 aliphatic heterocycles. The molecule has 0 saturated carbocycles. The highest BCUT2D eigenvalue weighted by Crippen LogP contribution is 2.17. The molecule has 0 amide bonds. The van der Waals surface area contributed by atoms with Gasteiger partial charge in [-0.25, -0.2) is 13.1 Å². The van der Waals surface area contributed by atoms with Crippen LogP contribution >= 0.6 is 0 Å². The molecule has 20 heavy (non-hydrogen) atoms. The van der Waals surface area contributed by atoms with Crippen molar-refractivity contribution < 1.29 is 8.42 Å². The summed E-state index contributed by atoms with van der Waals surface area (Å²) >= 11 is 0. The van der Waals surface area contributed by atoms with Gasteiger partial charge in [0.05, 0.1) is 4.90 Å². The van der Waals surface area contributed by atoms with Crippen LogP contribution in [0.3, 0.4) is 0 Å². The van der Waals surface area contributed by atoms with Crippen LogP contribution in [0, 0.1) is 13.8 Å². The second-order valence-electron chi connectivity index (χ2n) is 4.83. The molecule has 2 rings (SSSR count). The first kappa shape index (κ1) is 14.6. The van der Waals surface area contributed by atoms with Crippen molar-refractivity contribution in [2.45, 2.75) is 25.3 Å². The Labute approximate surface area is 119 Å². The highest BCUT2D eigenvalue weighted by Gasteiger charge is 2.14. The quantitative estimate of drug-likeness (QED) is 0.849. The molecule has 0 unspecified atom stereocenters. The second kappa shape index (κ2) is 5.64. The third-order valence-electron chi connectivity index (χ3n) is 3.15. The van der Waals surface area contributed by atoms with E-state index in [0.29, 0.717) is 5.69 Å². The van der Waals surface area contributed by atoms with E-state index in [0.717, 1.165) is 16.7 Å². The van der Waals surface area contributed by atoms with Gasteiger partial charge in [-0.3, -0.25) is 0 Å². The largest absolute Gasteiger partial charge is 0.398 e. The van der Waals surface area contributed by atoms with Crippen LogP contribution in [-0.2, 0) is 16.6 Å². The van der Waals surface area contributed by atoms with E-state index in [9.17, 15) is 8.42 Å². The fourth-order valence-corrected chi connectivity index (χ4v) is 2.81. The summed E-state index contributed by atoms with van der Waals surface area (Å²) in [5, 5.41) is 0. The van der Waals surface area contributed by atoms with Gasteiger partial charge in [0.2, 0.25) is 10.0 Å². The number of benzene rings is 2. The Morgan fingerprint density at radius 2 is 1.70 bits per heavy atom. The molecule has 0 fully saturated rings. The van der Waals surface area contributed by atoms with Gasteiger partial charge in [-0.1, -0.05) is 35.9 Å². The fraction of sp³-hybridized carbons (Fsp3) is 0.200. The number of rotatable bonds is 4. The molecule has 3 N–H and O–H groups in total. The molecular formula is C15H18N2O2S. The van der Waals surface area contributed by atoms with Crippen molar-refractivity contribution in [3.63, 3.8) is 0 Å². The number of aryl methyl sites for hydroxylation is 2. The standard InChI is InChI=1S/C15H18N2O2S/c1-11-3-6-13(7-4-11)10-17-20(18,19)14-8-5-12(2)15(16)9-14/h3-9,17H,10,16H2,1-2H3. The third kappa shape index (κ3) is 3.37. The fourth-order valence-electron chi connectivity index (χ4n) is 1.75. The van der Waals surface area contributed by atoms with Gasteiger partial charge in [-0.15, -0.1) is 0 Å². The molecule has 0 saturated heterocycles. The van der Waals surface area contributed by atoms with Gasteiger partial charge in [-0.05, 0) is 37.1 Å². The first-order valence-electron chi connectivity index (χ1n) is 6.30. The molecule has 106 valence electrons. The number of nitrogen functional groups attached to an aromatic ring is 1. The van der Waals surface area contributed by atoms with Gasteiger partial charge >= 0.3 is 0 Å². The van der Waals surface area contributed by atoms with Crippen molar-refractivity contribution in [1.82, 2.24) is 4.72 Å². The number of nitrogens with two attached hydrogens (primary N) is 1. The van der Waals surface area contributed by atoms with E-state index in [-0.39, 0.29) is 11.4 Å². The first-order chi connectivity index (χ1) is 9.38. The molecule has 0 bridgehead atoms. The van der Waals surface area contributed by atoms with E-state index >= 15 is 0 Å². The Hall–Kier alpha value is -1.85. The number of hydrogen-bond acceptors (Lipinski definition) is 3. The average Bonchev–Trinajstić information content (AvgIpc) is 2.41. The number of nitrogens with one attached hydrogen (secondary N) is 1. The van der Waals surface area contributed by atoms with Crippen LogP contribution in [0.25, 0.3) is 0 Å². The van der Waals surface area contributed by atoms with E-state index in [4.69, 9.17) is 5.73 Å². The maximum Gasteiger partial charge on any atom is 0.240 e. The molecule has 0 atom stereocenters. The predicted molar refractivity (Wildman–Crippen MR) is 80.8 cm³/mol. The van der Waals surface area contributed by atoms with E-state index in [1.54, 1.807) is 12.1 Å². The minimum absolute atomic E-state index is 0.188. The van der Waals surface area contributed by atoms with Crippen LogP contribution in [0.2, 0.25) is 0 Å². The molecule has 5 heteroatoms. The van der Waals surface area contributed by atoms with E-state index in [1.165, 1.54) is 6.07 Å². The highest BCUT2D eigenvalue weighted by atomic mass is 32.2. The molecule has 0 radical (unpaired) electrons. The molecule has 0 aliphatic rings. The monoisotopic (exact) mass is 290 g/mol. The summed E-state index contributed by atoms with van der Waals surface area (Å²) in [7, 11) is -3.54. The lowest BCUT2D eigenvalue weighted by Gasteiger charge is -2.09. The van der Waals surface area contributed by atoms with Crippen molar-refractivity contribution in [1.29, 1.82) is 0 Å². The lowest BCUT2D eigenvalue weighted by molar-refractivity contribution is 0.581. The molecule has 4 nitrogen and oxygen atoms in total. The Bertz CT molecular complexity index is 707. The minimum atomic E-state index is -3.54. The summed E-state index contributed by atoms with van der Waals surface area (Å²) in [5.74, 6) is 0. The van der Waals surface area contributed by atoms with E-state index < -0.39 is 10.0 Å². The minimum Gasteiger partial charge on any atom is -0.398 e. The highest BCUT2D eigenvalue weighted by molar-refractivity contribution is 7.89. The second-order valence-corrected chi connectivity index (χ2v) is 6.60. The molecule has 0 aromatic heterocycles. The van der Waals surface area contributed by atoms with Crippen LogP contribution in [0.1, 0.15) is 16.7 Å². The van der Waals surface area contributed by atoms with Crippen molar-refractivity contribution in [3.05, 3.63) is 59.2 Å². The molecular weight excluding hydrogens is 272 g/mol. The summed E-state index contributed by atoms with van der Waals surface area (Å²) in [6, 6.07) is 12.5. The van der Waals surface area contributed by atoms with Crippen molar-refractivity contribution in [2.24, 2.45) is 0 Å². The predicted octanol–water partition coefficient (Wildman–Crippen LogP) is 2.36. The Morgan fingerprint density at radius 1 is 1.05 bits per heavy atom. The zero-order valence-corrected chi connectivity index (χ0v) is 12.4. The molecule has 0 heterocycles. The van der Waals surface area contributed by atoms with Gasteiger partial charge in [-0.2, -0.15) is 0 Å². The SMILES string of the molecule is Cc1ccc(CNS(=O)(=O)c2ccc(C)c(N)c2)cc1. The number of sulfonamides is 1. The van der Waals surface area contributed by atoms with Gasteiger partial charge in [0.15, 0.2) is 0 Å². The zero-order chi connectivity index (χ0) is 14.8. The summed E-state index contributed by atoms with van der Waals surface area (Å²) < 4.78 is 26.9. The Balaban J connectivity index is 2.14. The average molecular weight is 290 g/mol. The molecule has 0 spiro atoms. The van der Waals surface area contributed by atoms with Gasteiger partial charge in [0.1, 0.15) is 0 Å². The van der Waals surface area contributed by atoms with Crippen LogP contribution in [-0.4, -0.2) is 8.42 Å². The Kier molecular flexibility index (Phi) is 4.11. The number of anilines is 1. The normalized spacial score (nSPS) is 11.5. The lowest BCUT2D eigenvalue weighted by Crippen LogP contribution is -2.23. The van der Waals surface area contributed by atoms with E-state index in [1.807, 2.05) is 38.1 Å². The zero-order valence-electron chi connectivity index (χ0n) is 11.6. The summed E-state index contributed by atoms with van der Waals surface area (Å²) in [5.41, 5.74) is 9.15. The Morgan fingerprint density at radius 3 is 2.30 bits per heavy atom. The van der Waals surface area contributed by atoms with E-state index in [2.05, 4.69) is 4.72 Å². The number of hydrogen-bond donors (Lipinski definition) is 2. The molecule has 2 aromatic rings. The van der Waals surface area contributed by atoms with Crippen LogP contribution in [0.5, 0.6) is 0 Å². The summed E-state index contributed by atoms with van der Waals surface area (Å²) in [6.07, 6.45) is 0. The smallest absolute Gasteiger partial charge is 0.240 e. The lowest BCUT2D eigenvalue weighted by atomic mass is 10.2. The van der Waals surface area contributed by atoms with Crippen LogP contribution in [0.4, 0.5) is 5.69 Å². The topological polar surface area (TPSA) is 72.2 Å². The van der Waals surface area contributed by atoms with Crippen LogP contribution < -0.4 is 10.5 Å². The van der Waals surface area contributed by atoms with Gasteiger partial charge < -0.3 is 5.73 Å². The first-order valence-corrected chi connectivity index (χ1v) is 7.78. The molecule has 0 aliphatic carbocycles. The third-order valence-corrected chi connectivity index (χ3v) is 4.55. The van der Waals surface area contributed by atoms with Crippen LogP contribution in [0.15, 0.2) is 47.4 Å². The van der Waals surface area contributed by atoms with Crippen molar-refractivity contribution >= 4 is 15.7 Å². The summed E-state index contributed by atoms with van der Waals surface area (Å²) in [4.78, 5) is 0.188. The van der Waals surface area contributed by atoms with Crippen molar-refractivity contribution in [3.8, 4) is 0 Å². The van der Waals surface area contributed by atoms with Crippen molar-refractivity contribution in [2.75, 3.05) is 5.73 Å². The van der Waals surface area contributed by atoms with Gasteiger partial charge in [0, 0.05) is 12.2 Å².